The maximum absolute atomic E-state index is 12.9. The van der Waals surface area contributed by atoms with Gasteiger partial charge in [-0.05, 0) is 71.1 Å². The molecule has 1 amide bonds. The first kappa shape index (κ1) is 22.5. The van der Waals surface area contributed by atoms with E-state index in [1.54, 1.807) is 20.8 Å². The molecule has 10 heteroatoms. The minimum absolute atomic E-state index is 0.171. The molecular formula is C24H28N6O3S. The van der Waals surface area contributed by atoms with Crippen molar-refractivity contribution in [3.8, 4) is 11.5 Å². The quantitative estimate of drug-likeness (QED) is 0.455. The average Bonchev–Trinajstić information content (AvgIpc) is 3.36. The van der Waals surface area contributed by atoms with Gasteiger partial charge in [-0.2, -0.15) is 5.10 Å². The average molecular weight is 481 g/mol. The molecule has 5 rings (SSSR count). The Morgan fingerprint density at radius 3 is 2.62 bits per heavy atom. The maximum atomic E-state index is 12.9. The molecular weight excluding hydrogens is 452 g/mol. The van der Waals surface area contributed by atoms with Gasteiger partial charge in [0.1, 0.15) is 16.1 Å². The second kappa shape index (κ2) is 8.19. The number of aryl methyl sites for hydroxylation is 2. The first-order valence-electron chi connectivity index (χ1n) is 11.4. The minimum Gasteiger partial charge on any atom is -0.444 e. The lowest BCUT2D eigenvalue weighted by Gasteiger charge is -2.33. The van der Waals surface area contributed by atoms with Gasteiger partial charge in [0.05, 0.1) is 17.3 Å². The first-order chi connectivity index (χ1) is 16.1. The van der Waals surface area contributed by atoms with Crippen molar-refractivity contribution in [2.75, 3.05) is 13.1 Å². The topological polar surface area (TPSA) is 105 Å². The maximum Gasteiger partial charge on any atom is 0.410 e. The highest BCUT2D eigenvalue weighted by Crippen LogP contribution is 2.35. The number of thiophene rings is 1. The molecule has 0 saturated carbocycles. The van der Waals surface area contributed by atoms with E-state index >= 15 is 0 Å². The van der Waals surface area contributed by atoms with Crippen LogP contribution in [0.4, 0.5) is 4.79 Å². The Labute approximate surface area is 200 Å². The number of likely N-dealkylation sites (tertiary alicyclic amines) is 1. The standard InChI is InChI=1S/C24H28N6O3S/c1-13-10-17(28-30-12-14(2)25-20(13)30)19-26-21(31)16-11-18(34-22(16)27-19)15-6-8-29(9-7-15)23(32)33-24(3,4)5/h10-12,15H,6-9H2,1-5H3,(H,26,27,31). The number of carbonyl (C=O) groups excluding carboxylic acids is 1. The number of ether oxygens (including phenoxy) is 1. The van der Waals surface area contributed by atoms with Crippen molar-refractivity contribution >= 4 is 33.3 Å². The van der Waals surface area contributed by atoms with Crippen molar-refractivity contribution in [3.05, 3.63) is 44.8 Å². The Morgan fingerprint density at radius 1 is 1.18 bits per heavy atom. The number of amides is 1. The van der Waals surface area contributed by atoms with Crippen molar-refractivity contribution in [2.24, 2.45) is 0 Å². The van der Waals surface area contributed by atoms with E-state index in [4.69, 9.17) is 9.72 Å². The number of H-pyrrole nitrogens is 1. The Bertz CT molecular complexity index is 1450. The summed E-state index contributed by atoms with van der Waals surface area (Å²) in [4.78, 5) is 41.0. The Balaban J connectivity index is 1.39. The number of hydrogen-bond acceptors (Lipinski definition) is 7. The van der Waals surface area contributed by atoms with Gasteiger partial charge in [0.15, 0.2) is 11.5 Å². The number of aromatic amines is 1. The molecule has 178 valence electrons. The van der Waals surface area contributed by atoms with Crippen LogP contribution in [0.2, 0.25) is 0 Å². The van der Waals surface area contributed by atoms with Crippen LogP contribution >= 0.6 is 11.3 Å². The van der Waals surface area contributed by atoms with Crippen molar-refractivity contribution < 1.29 is 9.53 Å². The SMILES string of the molecule is Cc1cn2nc(-c3nc4sc(C5CCN(C(=O)OC(C)(C)C)CC5)cc4c(=O)[nH]3)cc(C)c2n1. The van der Waals surface area contributed by atoms with E-state index in [1.807, 2.05) is 52.9 Å². The molecule has 0 unspecified atom stereocenters. The molecule has 4 aromatic heterocycles. The summed E-state index contributed by atoms with van der Waals surface area (Å²) in [6, 6.07) is 3.84. The van der Waals surface area contributed by atoms with Gasteiger partial charge in [-0.1, -0.05) is 0 Å². The Morgan fingerprint density at radius 2 is 1.91 bits per heavy atom. The second-order valence-corrected chi connectivity index (χ2v) is 10.9. The molecule has 0 bridgehead atoms. The second-order valence-electron chi connectivity index (χ2n) is 9.89. The van der Waals surface area contributed by atoms with Gasteiger partial charge in [0.2, 0.25) is 0 Å². The number of rotatable bonds is 2. The van der Waals surface area contributed by atoms with E-state index in [1.165, 1.54) is 0 Å². The zero-order chi connectivity index (χ0) is 24.2. The summed E-state index contributed by atoms with van der Waals surface area (Å²) >= 11 is 1.55. The predicted octanol–water partition coefficient (Wildman–Crippen LogP) is 4.43. The lowest BCUT2D eigenvalue weighted by atomic mass is 9.95. The fraction of sp³-hybridized carbons (Fsp3) is 0.458. The first-order valence-corrected chi connectivity index (χ1v) is 12.2. The largest absolute Gasteiger partial charge is 0.444 e. The number of fused-ring (bicyclic) bond motifs is 2. The molecule has 1 aliphatic rings. The number of carbonyl (C=O) groups is 1. The molecule has 0 aliphatic carbocycles. The van der Waals surface area contributed by atoms with E-state index in [0.29, 0.717) is 34.8 Å². The van der Waals surface area contributed by atoms with Gasteiger partial charge in [-0.15, -0.1) is 11.3 Å². The summed E-state index contributed by atoms with van der Waals surface area (Å²) in [5.41, 5.74) is 2.56. The lowest BCUT2D eigenvalue weighted by molar-refractivity contribution is 0.0205. The molecule has 0 aromatic carbocycles. The lowest BCUT2D eigenvalue weighted by Crippen LogP contribution is -2.41. The smallest absolute Gasteiger partial charge is 0.410 e. The van der Waals surface area contributed by atoms with Gasteiger partial charge >= 0.3 is 6.09 Å². The van der Waals surface area contributed by atoms with Crippen LogP contribution in [-0.2, 0) is 4.74 Å². The van der Waals surface area contributed by atoms with Crippen LogP contribution in [0.3, 0.4) is 0 Å². The molecule has 1 saturated heterocycles. The number of nitrogens with zero attached hydrogens (tertiary/aromatic N) is 5. The van der Waals surface area contributed by atoms with Crippen molar-refractivity contribution in [2.45, 2.75) is 59.0 Å². The third-order valence-electron chi connectivity index (χ3n) is 5.94. The molecule has 0 radical (unpaired) electrons. The van der Waals surface area contributed by atoms with E-state index in [0.717, 1.165) is 34.6 Å². The predicted molar refractivity (Wildman–Crippen MR) is 131 cm³/mol. The number of nitrogens with one attached hydrogen (secondary N) is 1. The van der Waals surface area contributed by atoms with Crippen molar-refractivity contribution in [3.63, 3.8) is 0 Å². The van der Waals surface area contributed by atoms with Crippen LogP contribution in [0.15, 0.2) is 23.1 Å². The third kappa shape index (κ3) is 4.29. The van der Waals surface area contributed by atoms with E-state index in [9.17, 15) is 9.59 Å². The van der Waals surface area contributed by atoms with Crippen LogP contribution in [0.1, 0.15) is 55.7 Å². The Kier molecular flexibility index (Phi) is 5.43. The summed E-state index contributed by atoms with van der Waals surface area (Å²) in [6.45, 7) is 10.8. The third-order valence-corrected chi connectivity index (χ3v) is 7.13. The number of imidazole rings is 1. The zero-order valence-corrected chi connectivity index (χ0v) is 20.8. The summed E-state index contributed by atoms with van der Waals surface area (Å²) in [7, 11) is 0. The normalized spacial score (nSPS) is 15.4. The summed E-state index contributed by atoms with van der Waals surface area (Å²) in [6.07, 6.45) is 3.25. The van der Waals surface area contributed by atoms with Gasteiger partial charge in [0, 0.05) is 18.0 Å². The van der Waals surface area contributed by atoms with Gasteiger partial charge in [-0.3, -0.25) is 4.79 Å². The van der Waals surface area contributed by atoms with Crippen LogP contribution in [0, 0.1) is 13.8 Å². The summed E-state index contributed by atoms with van der Waals surface area (Å²) in [5.74, 6) is 0.730. The molecule has 9 nitrogen and oxygen atoms in total. The van der Waals surface area contributed by atoms with Crippen LogP contribution in [-0.4, -0.2) is 54.2 Å². The molecule has 5 heterocycles. The molecule has 1 aliphatic heterocycles. The summed E-state index contributed by atoms with van der Waals surface area (Å²) < 4.78 is 7.22. The molecule has 1 N–H and O–H groups in total. The molecule has 1 fully saturated rings. The van der Waals surface area contributed by atoms with Gasteiger partial charge in [-0.25, -0.2) is 19.3 Å². The molecule has 0 spiro atoms. The number of hydrogen-bond donors (Lipinski definition) is 1. The van der Waals surface area contributed by atoms with E-state index in [2.05, 4.69) is 15.1 Å². The molecule has 34 heavy (non-hydrogen) atoms. The van der Waals surface area contributed by atoms with E-state index in [-0.39, 0.29) is 17.6 Å². The Hall–Kier alpha value is -3.27. The zero-order valence-electron chi connectivity index (χ0n) is 20.0. The fourth-order valence-corrected chi connectivity index (χ4v) is 5.51. The highest BCUT2D eigenvalue weighted by Gasteiger charge is 2.28. The van der Waals surface area contributed by atoms with Crippen LogP contribution in [0.5, 0.6) is 0 Å². The van der Waals surface area contributed by atoms with E-state index < -0.39 is 5.60 Å². The monoisotopic (exact) mass is 480 g/mol. The molecule has 4 aromatic rings. The molecule has 0 atom stereocenters. The van der Waals surface area contributed by atoms with Crippen LogP contribution in [0.25, 0.3) is 27.4 Å². The summed E-state index contributed by atoms with van der Waals surface area (Å²) in [5, 5.41) is 5.19. The van der Waals surface area contributed by atoms with Crippen molar-refractivity contribution in [1.82, 2.24) is 29.5 Å². The highest BCUT2D eigenvalue weighted by molar-refractivity contribution is 7.18. The van der Waals surface area contributed by atoms with Crippen LogP contribution < -0.4 is 5.56 Å². The number of aromatic nitrogens is 5. The van der Waals surface area contributed by atoms with Gasteiger partial charge < -0.3 is 14.6 Å². The fourth-order valence-electron chi connectivity index (χ4n) is 4.31. The highest BCUT2D eigenvalue weighted by atomic mass is 32.1. The van der Waals surface area contributed by atoms with Crippen molar-refractivity contribution in [1.29, 1.82) is 0 Å². The van der Waals surface area contributed by atoms with Gasteiger partial charge in [0.25, 0.3) is 5.56 Å². The number of piperidine rings is 1. The minimum atomic E-state index is -0.502.